The second-order valence-electron chi connectivity index (χ2n) is 5.42. The van der Waals surface area contributed by atoms with Crippen LogP contribution in [0.1, 0.15) is 39.5 Å². The monoisotopic (exact) mass is 391 g/mol. The van der Waals surface area contributed by atoms with Gasteiger partial charge < -0.3 is 4.90 Å². The van der Waals surface area contributed by atoms with Crippen LogP contribution in [0.3, 0.4) is 0 Å². The minimum absolute atomic E-state index is 0.0807. The van der Waals surface area contributed by atoms with E-state index in [1.807, 2.05) is 32.8 Å². The Morgan fingerprint density at radius 3 is 1.45 bits per heavy atom. The summed E-state index contributed by atoms with van der Waals surface area (Å²) in [7, 11) is -0.625. The first-order valence-electron chi connectivity index (χ1n) is 7.54. The van der Waals surface area contributed by atoms with E-state index >= 15 is 0 Å². The predicted molar refractivity (Wildman–Crippen MR) is 99.8 cm³/mol. The van der Waals surface area contributed by atoms with E-state index in [1.54, 1.807) is 0 Å². The quantitative estimate of drug-likeness (QED) is 0.447. The zero-order chi connectivity index (χ0) is 17.2. The Balaban J connectivity index is 4.45. The van der Waals surface area contributed by atoms with Crippen molar-refractivity contribution in [1.29, 1.82) is 0 Å². The zero-order valence-electron chi connectivity index (χ0n) is 13.9. The molecule has 0 heterocycles. The standard InChI is InChI=1S/C13H29NO4S4/c1-5-7-9-21(15,16)19-11-13(14(3)4)12-20-22(17,18)10-8-6-2/h13H,5-12H2,1-4H3. The lowest BCUT2D eigenvalue weighted by Gasteiger charge is -2.23. The van der Waals surface area contributed by atoms with Gasteiger partial charge >= 0.3 is 0 Å². The molecule has 0 aliphatic rings. The molecule has 0 fully saturated rings. The van der Waals surface area contributed by atoms with Crippen LogP contribution in [0.5, 0.6) is 0 Å². The molecule has 0 aliphatic carbocycles. The average Bonchev–Trinajstić information content (AvgIpc) is 2.42. The molecule has 0 amide bonds. The van der Waals surface area contributed by atoms with Crippen molar-refractivity contribution >= 4 is 39.3 Å². The Morgan fingerprint density at radius 2 is 1.18 bits per heavy atom. The van der Waals surface area contributed by atoms with Crippen LogP contribution >= 0.6 is 21.6 Å². The van der Waals surface area contributed by atoms with Gasteiger partial charge in [-0.05, 0) is 48.5 Å². The van der Waals surface area contributed by atoms with Gasteiger partial charge in [-0.2, -0.15) is 0 Å². The van der Waals surface area contributed by atoms with Gasteiger partial charge in [-0.15, -0.1) is 0 Å². The van der Waals surface area contributed by atoms with Crippen LogP contribution < -0.4 is 0 Å². The van der Waals surface area contributed by atoms with E-state index in [0.29, 0.717) is 24.3 Å². The van der Waals surface area contributed by atoms with Gasteiger partial charge in [-0.3, -0.25) is 0 Å². The Hall–Kier alpha value is 0.560. The summed E-state index contributed by atoms with van der Waals surface area (Å²) in [6.07, 6.45) is 3.04. The Kier molecular flexibility index (Phi) is 11.5. The highest BCUT2D eigenvalue weighted by molar-refractivity contribution is 8.72. The summed E-state index contributed by atoms with van der Waals surface area (Å²) in [5.41, 5.74) is 0. The normalized spacial score (nSPS) is 13.2. The minimum Gasteiger partial charge on any atom is -0.305 e. The Bertz CT molecular complexity index is 446. The number of unbranched alkanes of at least 4 members (excludes halogenated alkanes) is 2. The van der Waals surface area contributed by atoms with E-state index < -0.39 is 17.7 Å². The fourth-order valence-corrected chi connectivity index (χ4v) is 8.30. The molecule has 0 spiro atoms. The third-order valence-electron chi connectivity index (χ3n) is 3.11. The zero-order valence-corrected chi connectivity index (χ0v) is 17.2. The fourth-order valence-electron chi connectivity index (χ4n) is 1.47. The van der Waals surface area contributed by atoms with Crippen LogP contribution in [0.25, 0.3) is 0 Å². The van der Waals surface area contributed by atoms with Crippen LogP contribution in [0.15, 0.2) is 0 Å². The first kappa shape index (κ1) is 22.6. The maximum absolute atomic E-state index is 11.9. The van der Waals surface area contributed by atoms with E-state index in [4.69, 9.17) is 0 Å². The summed E-state index contributed by atoms with van der Waals surface area (Å²) in [5.74, 6) is 1.18. The molecular weight excluding hydrogens is 362 g/mol. The van der Waals surface area contributed by atoms with E-state index in [0.717, 1.165) is 34.4 Å². The highest BCUT2D eigenvalue weighted by Crippen LogP contribution is 2.22. The van der Waals surface area contributed by atoms with Crippen molar-refractivity contribution in [2.45, 2.75) is 45.6 Å². The molecule has 0 aromatic rings. The number of nitrogens with zero attached hydrogens (tertiary/aromatic N) is 1. The first-order valence-corrected chi connectivity index (χ1v) is 13.8. The number of hydrogen-bond donors (Lipinski definition) is 0. The highest BCUT2D eigenvalue weighted by atomic mass is 33.1. The maximum atomic E-state index is 11.9. The van der Waals surface area contributed by atoms with Crippen LogP contribution in [0.4, 0.5) is 0 Å². The van der Waals surface area contributed by atoms with Crippen molar-refractivity contribution in [3.63, 3.8) is 0 Å². The molecule has 0 aromatic carbocycles. The summed E-state index contributed by atoms with van der Waals surface area (Å²) in [5, 5.41) is 0. The summed E-state index contributed by atoms with van der Waals surface area (Å²) in [6, 6.07) is -0.0807. The van der Waals surface area contributed by atoms with Gasteiger partial charge in [0.15, 0.2) is 0 Å². The molecule has 0 unspecified atom stereocenters. The molecule has 0 aromatic heterocycles. The third kappa shape index (κ3) is 11.2. The summed E-state index contributed by atoms with van der Waals surface area (Å²) < 4.78 is 47.5. The van der Waals surface area contributed by atoms with Crippen LogP contribution in [-0.2, 0) is 17.7 Å². The lowest BCUT2D eigenvalue weighted by Crippen LogP contribution is -2.33. The fraction of sp³-hybridized carbons (Fsp3) is 1.00. The minimum atomic E-state index is -3.11. The highest BCUT2D eigenvalue weighted by Gasteiger charge is 2.21. The van der Waals surface area contributed by atoms with Gasteiger partial charge in [-0.1, -0.05) is 26.7 Å². The van der Waals surface area contributed by atoms with Gasteiger partial charge in [0.25, 0.3) is 0 Å². The second kappa shape index (κ2) is 11.2. The summed E-state index contributed by atoms with van der Waals surface area (Å²) >= 11 is 0. The molecule has 0 saturated carbocycles. The van der Waals surface area contributed by atoms with Crippen molar-refractivity contribution in [1.82, 2.24) is 4.90 Å². The van der Waals surface area contributed by atoms with E-state index in [2.05, 4.69) is 0 Å². The van der Waals surface area contributed by atoms with E-state index in [1.165, 1.54) is 0 Å². The van der Waals surface area contributed by atoms with E-state index in [9.17, 15) is 16.8 Å². The second-order valence-corrected chi connectivity index (χ2v) is 14.1. The van der Waals surface area contributed by atoms with Crippen LogP contribution in [-0.4, -0.2) is 64.9 Å². The molecule has 0 atom stereocenters. The Morgan fingerprint density at radius 1 is 0.818 bits per heavy atom. The number of rotatable bonds is 13. The molecule has 134 valence electrons. The van der Waals surface area contributed by atoms with Crippen LogP contribution in [0, 0.1) is 0 Å². The molecule has 22 heavy (non-hydrogen) atoms. The topological polar surface area (TPSA) is 71.5 Å². The van der Waals surface area contributed by atoms with Gasteiger partial charge in [0.2, 0.25) is 17.7 Å². The SMILES string of the molecule is CCCCS(=O)(=O)SCC(CSS(=O)(=O)CCCC)N(C)C. The van der Waals surface area contributed by atoms with Crippen molar-refractivity contribution < 1.29 is 16.8 Å². The molecule has 0 bridgehead atoms. The molecule has 0 aliphatic heterocycles. The molecule has 5 nitrogen and oxygen atoms in total. The molecule has 0 saturated heterocycles. The predicted octanol–water partition coefficient (Wildman–Crippen LogP) is 2.64. The lowest BCUT2D eigenvalue weighted by atomic mass is 10.4. The van der Waals surface area contributed by atoms with Crippen LogP contribution in [0.2, 0.25) is 0 Å². The van der Waals surface area contributed by atoms with E-state index in [-0.39, 0.29) is 17.5 Å². The average molecular weight is 392 g/mol. The van der Waals surface area contributed by atoms with Gasteiger partial charge in [0.05, 0.1) is 11.5 Å². The summed E-state index contributed by atoms with van der Waals surface area (Å²) in [4.78, 5) is 1.89. The molecule has 0 radical (unpaired) electrons. The summed E-state index contributed by atoms with van der Waals surface area (Å²) in [6.45, 7) is 3.92. The van der Waals surface area contributed by atoms with Crippen molar-refractivity contribution in [2.24, 2.45) is 0 Å². The number of hydrogen-bond acceptors (Lipinski definition) is 7. The van der Waals surface area contributed by atoms with Crippen molar-refractivity contribution in [3.05, 3.63) is 0 Å². The maximum Gasteiger partial charge on any atom is 0.201 e. The first-order chi connectivity index (χ1) is 10.1. The van der Waals surface area contributed by atoms with Crippen molar-refractivity contribution in [3.8, 4) is 0 Å². The van der Waals surface area contributed by atoms with Gasteiger partial charge in [0, 0.05) is 17.5 Å². The molecule has 0 N–H and O–H groups in total. The molecular formula is C13H29NO4S4. The van der Waals surface area contributed by atoms with Gasteiger partial charge in [-0.25, -0.2) is 16.8 Å². The molecule has 0 rings (SSSR count). The smallest absolute Gasteiger partial charge is 0.201 e. The lowest BCUT2D eigenvalue weighted by molar-refractivity contribution is 0.345. The third-order valence-corrected chi connectivity index (χ3v) is 10.4. The Labute approximate surface area is 143 Å². The molecule has 9 heteroatoms. The van der Waals surface area contributed by atoms with Gasteiger partial charge in [0.1, 0.15) is 0 Å². The largest absolute Gasteiger partial charge is 0.305 e. The van der Waals surface area contributed by atoms with Crippen molar-refractivity contribution in [2.75, 3.05) is 37.1 Å².